The molecule has 0 amide bonds. The Balaban J connectivity index is 2.26. The summed E-state index contributed by atoms with van der Waals surface area (Å²) in [6.07, 6.45) is 2.87. The summed E-state index contributed by atoms with van der Waals surface area (Å²) in [6.45, 7) is 0. The average molecular weight is 314 g/mol. The SMILES string of the molecule is COc1ccc2nccc(-c3cccc(S(C)(=O)=O)c3)c2n1. The van der Waals surface area contributed by atoms with Crippen LogP contribution in [0.4, 0.5) is 0 Å². The van der Waals surface area contributed by atoms with Crippen molar-refractivity contribution in [2.24, 2.45) is 0 Å². The summed E-state index contributed by atoms with van der Waals surface area (Å²) in [5, 5.41) is 0. The molecular weight excluding hydrogens is 300 g/mol. The minimum Gasteiger partial charge on any atom is -0.481 e. The summed E-state index contributed by atoms with van der Waals surface area (Å²) in [5.41, 5.74) is 2.99. The van der Waals surface area contributed by atoms with Gasteiger partial charge in [-0.1, -0.05) is 12.1 Å². The normalized spacial score (nSPS) is 11.5. The molecule has 0 atom stereocenters. The monoisotopic (exact) mass is 314 g/mol. The van der Waals surface area contributed by atoms with Gasteiger partial charge in [-0.05, 0) is 29.8 Å². The van der Waals surface area contributed by atoms with Crippen LogP contribution in [0.15, 0.2) is 53.6 Å². The summed E-state index contributed by atoms with van der Waals surface area (Å²) in [7, 11) is -1.71. The topological polar surface area (TPSA) is 69.2 Å². The second kappa shape index (κ2) is 5.38. The van der Waals surface area contributed by atoms with E-state index in [2.05, 4.69) is 9.97 Å². The number of ether oxygens (including phenoxy) is 1. The zero-order valence-corrected chi connectivity index (χ0v) is 13.0. The van der Waals surface area contributed by atoms with E-state index in [9.17, 15) is 8.42 Å². The first-order valence-electron chi connectivity index (χ1n) is 6.59. The van der Waals surface area contributed by atoms with Gasteiger partial charge >= 0.3 is 0 Å². The number of aromatic nitrogens is 2. The molecule has 0 fully saturated rings. The van der Waals surface area contributed by atoms with Crippen molar-refractivity contribution in [3.63, 3.8) is 0 Å². The Labute approximate surface area is 128 Å². The van der Waals surface area contributed by atoms with Crippen LogP contribution in [0.3, 0.4) is 0 Å². The average Bonchev–Trinajstić information content (AvgIpc) is 2.53. The number of benzene rings is 1. The Morgan fingerprint density at radius 2 is 1.91 bits per heavy atom. The van der Waals surface area contributed by atoms with Crippen LogP contribution in [-0.2, 0) is 9.84 Å². The third-order valence-electron chi connectivity index (χ3n) is 3.34. The maximum atomic E-state index is 11.7. The summed E-state index contributed by atoms with van der Waals surface area (Å²) in [6, 6.07) is 12.2. The molecule has 0 unspecified atom stereocenters. The van der Waals surface area contributed by atoms with Crippen LogP contribution in [0.1, 0.15) is 0 Å². The zero-order chi connectivity index (χ0) is 15.7. The van der Waals surface area contributed by atoms with Crippen LogP contribution < -0.4 is 4.74 Å². The van der Waals surface area contributed by atoms with Crippen LogP contribution in [0.5, 0.6) is 5.88 Å². The molecular formula is C16H14N2O3S. The van der Waals surface area contributed by atoms with Crippen molar-refractivity contribution in [3.8, 4) is 17.0 Å². The Morgan fingerprint density at radius 3 is 2.64 bits per heavy atom. The predicted molar refractivity (Wildman–Crippen MR) is 84.6 cm³/mol. The van der Waals surface area contributed by atoms with Crippen LogP contribution in [0.25, 0.3) is 22.2 Å². The number of hydrogen-bond donors (Lipinski definition) is 0. The van der Waals surface area contributed by atoms with E-state index in [1.54, 1.807) is 37.6 Å². The van der Waals surface area contributed by atoms with E-state index in [1.165, 1.54) is 6.26 Å². The van der Waals surface area contributed by atoms with E-state index in [-0.39, 0.29) is 4.90 Å². The summed E-state index contributed by atoms with van der Waals surface area (Å²) in [5.74, 6) is 0.487. The number of fused-ring (bicyclic) bond motifs is 1. The van der Waals surface area contributed by atoms with Crippen molar-refractivity contribution in [2.75, 3.05) is 13.4 Å². The molecule has 6 heteroatoms. The lowest BCUT2D eigenvalue weighted by molar-refractivity contribution is 0.399. The number of hydrogen-bond acceptors (Lipinski definition) is 5. The van der Waals surface area contributed by atoms with Crippen molar-refractivity contribution in [1.82, 2.24) is 9.97 Å². The van der Waals surface area contributed by atoms with E-state index in [1.807, 2.05) is 18.2 Å². The number of pyridine rings is 2. The lowest BCUT2D eigenvalue weighted by Crippen LogP contribution is -1.97. The van der Waals surface area contributed by atoms with Gasteiger partial charge in [-0.15, -0.1) is 0 Å². The molecule has 3 rings (SSSR count). The minimum atomic E-state index is -3.26. The molecule has 0 N–H and O–H groups in total. The molecule has 0 saturated heterocycles. The van der Waals surface area contributed by atoms with Gasteiger partial charge < -0.3 is 4.74 Å². The van der Waals surface area contributed by atoms with Crippen molar-refractivity contribution in [3.05, 3.63) is 48.7 Å². The Morgan fingerprint density at radius 1 is 1.09 bits per heavy atom. The van der Waals surface area contributed by atoms with Crippen LogP contribution in [0.2, 0.25) is 0 Å². The molecule has 0 aliphatic rings. The molecule has 0 aliphatic heterocycles. The fourth-order valence-electron chi connectivity index (χ4n) is 2.25. The largest absolute Gasteiger partial charge is 0.481 e. The molecule has 0 spiro atoms. The highest BCUT2D eigenvalue weighted by atomic mass is 32.2. The summed E-state index contributed by atoms with van der Waals surface area (Å²) < 4.78 is 28.6. The van der Waals surface area contributed by atoms with Gasteiger partial charge in [0.1, 0.15) is 5.52 Å². The zero-order valence-electron chi connectivity index (χ0n) is 12.1. The van der Waals surface area contributed by atoms with Gasteiger partial charge in [0.2, 0.25) is 5.88 Å². The second-order valence-electron chi connectivity index (χ2n) is 4.88. The molecule has 5 nitrogen and oxygen atoms in total. The molecule has 0 aliphatic carbocycles. The highest BCUT2D eigenvalue weighted by molar-refractivity contribution is 7.90. The van der Waals surface area contributed by atoms with Gasteiger partial charge in [0.25, 0.3) is 0 Å². The first-order chi connectivity index (χ1) is 10.5. The molecule has 22 heavy (non-hydrogen) atoms. The van der Waals surface area contributed by atoms with Gasteiger partial charge in [0, 0.05) is 24.1 Å². The fourth-order valence-corrected chi connectivity index (χ4v) is 2.92. The predicted octanol–water partition coefficient (Wildman–Crippen LogP) is 2.71. The maximum Gasteiger partial charge on any atom is 0.213 e. The second-order valence-corrected chi connectivity index (χ2v) is 6.90. The van der Waals surface area contributed by atoms with E-state index in [0.717, 1.165) is 16.6 Å². The number of methoxy groups -OCH3 is 1. The van der Waals surface area contributed by atoms with E-state index < -0.39 is 9.84 Å². The number of rotatable bonds is 3. The molecule has 0 bridgehead atoms. The fraction of sp³-hybridized carbons (Fsp3) is 0.125. The first-order valence-corrected chi connectivity index (χ1v) is 8.48. The highest BCUT2D eigenvalue weighted by Gasteiger charge is 2.11. The molecule has 0 saturated carbocycles. The van der Waals surface area contributed by atoms with Crippen molar-refractivity contribution in [1.29, 1.82) is 0 Å². The van der Waals surface area contributed by atoms with Gasteiger partial charge in [-0.25, -0.2) is 13.4 Å². The van der Waals surface area contributed by atoms with Crippen molar-refractivity contribution < 1.29 is 13.2 Å². The van der Waals surface area contributed by atoms with Crippen LogP contribution in [0, 0.1) is 0 Å². The highest BCUT2D eigenvalue weighted by Crippen LogP contribution is 2.29. The quantitative estimate of drug-likeness (QED) is 0.743. The molecule has 3 aromatic rings. The minimum absolute atomic E-state index is 0.276. The third-order valence-corrected chi connectivity index (χ3v) is 4.45. The number of sulfone groups is 1. The van der Waals surface area contributed by atoms with Crippen LogP contribution in [-0.4, -0.2) is 31.8 Å². The summed E-state index contributed by atoms with van der Waals surface area (Å²) >= 11 is 0. The van der Waals surface area contributed by atoms with Gasteiger partial charge in [0.05, 0.1) is 17.5 Å². The Bertz CT molecular complexity index is 953. The van der Waals surface area contributed by atoms with Crippen LogP contribution >= 0.6 is 0 Å². The smallest absolute Gasteiger partial charge is 0.213 e. The van der Waals surface area contributed by atoms with Gasteiger partial charge in [0.15, 0.2) is 9.84 Å². The standard InChI is InChI=1S/C16H14N2O3S/c1-21-15-7-6-14-16(18-15)13(8-9-17-14)11-4-3-5-12(10-11)22(2,19)20/h3-10H,1-2H3. The molecule has 2 heterocycles. The third kappa shape index (κ3) is 2.65. The maximum absolute atomic E-state index is 11.7. The van der Waals surface area contributed by atoms with E-state index >= 15 is 0 Å². The molecule has 112 valence electrons. The lowest BCUT2D eigenvalue weighted by atomic mass is 10.1. The Hall–Kier alpha value is -2.47. The Kier molecular flexibility index (Phi) is 3.54. The van der Waals surface area contributed by atoms with Gasteiger partial charge in [-0.2, -0.15) is 0 Å². The van der Waals surface area contributed by atoms with E-state index in [4.69, 9.17) is 4.74 Å². The van der Waals surface area contributed by atoms with Crippen molar-refractivity contribution >= 4 is 20.9 Å². The number of nitrogens with zero attached hydrogens (tertiary/aromatic N) is 2. The lowest BCUT2D eigenvalue weighted by Gasteiger charge is -2.08. The summed E-state index contributed by atoms with van der Waals surface area (Å²) in [4.78, 5) is 8.98. The van der Waals surface area contributed by atoms with Gasteiger partial charge in [-0.3, -0.25) is 4.98 Å². The molecule has 2 aromatic heterocycles. The first kappa shape index (κ1) is 14.5. The van der Waals surface area contributed by atoms with E-state index in [0.29, 0.717) is 11.4 Å². The molecule has 0 radical (unpaired) electrons. The molecule has 1 aromatic carbocycles. The van der Waals surface area contributed by atoms with Crippen molar-refractivity contribution in [2.45, 2.75) is 4.90 Å².